The highest BCUT2D eigenvalue weighted by atomic mass is 19.1. The molecule has 6 heteroatoms. The normalized spacial score (nSPS) is 12.4. The van der Waals surface area contributed by atoms with Gasteiger partial charge in [0.15, 0.2) is 0 Å². The number of anilines is 1. The molecule has 0 spiro atoms. The highest BCUT2D eigenvalue weighted by molar-refractivity contribution is 5.29. The van der Waals surface area contributed by atoms with Crippen LogP contribution < -0.4 is 10.9 Å². The van der Waals surface area contributed by atoms with Gasteiger partial charge in [0, 0.05) is 25.1 Å². The molecule has 22 heavy (non-hydrogen) atoms. The van der Waals surface area contributed by atoms with E-state index in [1.165, 1.54) is 12.1 Å². The second-order valence-electron chi connectivity index (χ2n) is 5.66. The number of H-pyrrole nitrogens is 1. The highest BCUT2D eigenvalue weighted by Gasteiger charge is 2.09. The summed E-state index contributed by atoms with van der Waals surface area (Å²) < 4.78 is 13.7. The monoisotopic (exact) mass is 304 g/mol. The average Bonchev–Trinajstić information content (AvgIpc) is 2.39. The fourth-order valence-electron chi connectivity index (χ4n) is 2.33. The summed E-state index contributed by atoms with van der Waals surface area (Å²) >= 11 is 0. The molecule has 0 fully saturated rings. The largest absolute Gasteiger partial charge is 0.352 e. The molecule has 1 aromatic heterocycles. The van der Waals surface area contributed by atoms with Gasteiger partial charge in [-0.15, -0.1) is 0 Å². The second kappa shape index (κ2) is 7.17. The molecular weight excluding hydrogens is 283 g/mol. The van der Waals surface area contributed by atoms with E-state index in [4.69, 9.17) is 0 Å². The third-order valence-electron chi connectivity index (χ3n) is 3.15. The van der Waals surface area contributed by atoms with Crippen molar-refractivity contribution in [2.45, 2.75) is 19.4 Å². The van der Waals surface area contributed by atoms with Crippen LogP contribution >= 0.6 is 0 Å². The molecule has 0 aliphatic heterocycles. The summed E-state index contributed by atoms with van der Waals surface area (Å²) in [6.07, 6.45) is 0.285. The Morgan fingerprint density at radius 2 is 2.09 bits per heavy atom. The number of aromatic nitrogens is 2. The maximum Gasteiger partial charge on any atom is 0.252 e. The molecule has 0 saturated heterocycles. The van der Waals surface area contributed by atoms with E-state index in [9.17, 15) is 9.18 Å². The molecule has 0 saturated carbocycles. The summed E-state index contributed by atoms with van der Waals surface area (Å²) in [5.41, 5.74) is 0.808. The van der Waals surface area contributed by atoms with Crippen molar-refractivity contribution in [1.29, 1.82) is 0 Å². The van der Waals surface area contributed by atoms with E-state index in [2.05, 4.69) is 15.3 Å². The van der Waals surface area contributed by atoms with Gasteiger partial charge >= 0.3 is 0 Å². The molecule has 0 amide bonds. The second-order valence-corrected chi connectivity index (χ2v) is 5.66. The lowest BCUT2D eigenvalue weighted by Gasteiger charge is -2.18. The van der Waals surface area contributed by atoms with Gasteiger partial charge in [0.25, 0.3) is 5.56 Å². The van der Waals surface area contributed by atoms with Gasteiger partial charge in [-0.1, -0.05) is 18.2 Å². The minimum atomic E-state index is -0.292. The first-order chi connectivity index (χ1) is 10.4. The van der Waals surface area contributed by atoms with Gasteiger partial charge in [-0.3, -0.25) is 9.78 Å². The summed E-state index contributed by atoms with van der Waals surface area (Å²) in [4.78, 5) is 20.8. The summed E-state index contributed by atoms with van der Waals surface area (Å²) in [5, 5.41) is 3.15. The first kappa shape index (κ1) is 16.2. The van der Waals surface area contributed by atoms with Gasteiger partial charge in [-0.05, 0) is 32.6 Å². The van der Waals surface area contributed by atoms with Gasteiger partial charge in [-0.2, -0.15) is 0 Å². The standard InChI is InChI=1S/C16H21FN4O/c1-11(10-21(2)3)18-16-19-13(9-15(22)20-16)8-12-6-4-5-7-14(12)17/h4-7,9,11H,8,10H2,1-3H3,(H2,18,19,20,22)/t11-/m1/s1. The molecule has 2 rings (SSSR count). The van der Waals surface area contributed by atoms with Crippen LogP contribution in [0, 0.1) is 5.82 Å². The van der Waals surface area contributed by atoms with Gasteiger partial charge in [0.1, 0.15) is 5.82 Å². The lowest BCUT2D eigenvalue weighted by Crippen LogP contribution is -2.31. The molecular formula is C16H21FN4O. The molecule has 118 valence electrons. The van der Waals surface area contributed by atoms with Gasteiger partial charge in [0.2, 0.25) is 5.95 Å². The number of rotatable bonds is 6. The summed E-state index contributed by atoms with van der Waals surface area (Å²) in [6, 6.07) is 8.03. The Balaban J connectivity index is 2.16. The molecule has 2 N–H and O–H groups in total. The zero-order chi connectivity index (χ0) is 16.1. The van der Waals surface area contributed by atoms with Gasteiger partial charge in [-0.25, -0.2) is 9.37 Å². The number of aromatic amines is 1. The van der Waals surface area contributed by atoms with Crippen molar-refractivity contribution < 1.29 is 4.39 Å². The van der Waals surface area contributed by atoms with Crippen LogP contribution in [0.3, 0.4) is 0 Å². The molecule has 0 radical (unpaired) electrons. The van der Waals surface area contributed by atoms with E-state index >= 15 is 0 Å². The number of halogens is 1. The van der Waals surface area contributed by atoms with E-state index in [1.54, 1.807) is 18.2 Å². The topological polar surface area (TPSA) is 61.0 Å². The third-order valence-corrected chi connectivity index (χ3v) is 3.15. The quantitative estimate of drug-likeness (QED) is 0.855. The van der Waals surface area contributed by atoms with Gasteiger partial charge in [0.05, 0.1) is 5.69 Å². The number of benzene rings is 1. The minimum Gasteiger partial charge on any atom is -0.352 e. The Kier molecular flexibility index (Phi) is 5.27. The van der Waals surface area contributed by atoms with Crippen LogP contribution in [-0.2, 0) is 6.42 Å². The van der Waals surface area contributed by atoms with Crippen LogP contribution in [0.5, 0.6) is 0 Å². The number of hydrogen-bond donors (Lipinski definition) is 2. The molecule has 2 aromatic rings. The maximum absolute atomic E-state index is 13.7. The fourth-order valence-corrected chi connectivity index (χ4v) is 2.33. The molecule has 1 aromatic carbocycles. The molecule has 1 heterocycles. The van der Waals surface area contributed by atoms with Crippen molar-refractivity contribution >= 4 is 5.95 Å². The van der Waals surface area contributed by atoms with Crippen LogP contribution in [-0.4, -0.2) is 41.5 Å². The molecule has 0 unspecified atom stereocenters. The van der Waals surface area contributed by atoms with E-state index in [-0.39, 0.29) is 23.8 Å². The fraction of sp³-hybridized carbons (Fsp3) is 0.375. The van der Waals surface area contributed by atoms with Crippen molar-refractivity contribution in [3.8, 4) is 0 Å². The predicted molar refractivity (Wildman–Crippen MR) is 85.7 cm³/mol. The number of likely N-dealkylation sites (N-methyl/N-ethyl adjacent to an activating group) is 1. The zero-order valence-corrected chi connectivity index (χ0v) is 13.1. The molecule has 0 bridgehead atoms. The van der Waals surface area contributed by atoms with Crippen molar-refractivity contribution in [2.24, 2.45) is 0 Å². The van der Waals surface area contributed by atoms with Gasteiger partial charge < -0.3 is 10.2 Å². The van der Waals surface area contributed by atoms with Crippen molar-refractivity contribution in [3.05, 3.63) is 57.8 Å². The van der Waals surface area contributed by atoms with Crippen molar-refractivity contribution in [3.63, 3.8) is 0 Å². The van der Waals surface area contributed by atoms with E-state index in [0.29, 0.717) is 17.2 Å². The van der Waals surface area contributed by atoms with Crippen LogP contribution in [0.4, 0.5) is 10.3 Å². The first-order valence-corrected chi connectivity index (χ1v) is 7.19. The van der Waals surface area contributed by atoms with Crippen LogP contribution in [0.25, 0.3) is 0 Å². The highest BCUT2D eigenvalue weighted by Crippen LogP contribution is 2.11. The number of nitrogens with one attached hydrogen (secondary N) is 2. The van der Waals surface area contributed by atoms with Crippen molar-refractivity contribution in [1.82, 2.24) is 14.9 Å². The number of hydrogen-bond acceptors (Lipinski definition) is 4. The minimum absolute atomic E-state index is 0.127. The average molecular weight is 304 g/mol. The Labute approximate surface area is 129 Å². The Hall–Kier alpha value is -2.21. The smallest absolute Gasteiger partial charge is 0.252 e. The first-order valence-electron chi connectivity index (χ1n) is 7.19. The molecule has 0 aliphatic carbocycles. The van der Waals surface area contributed by atoms with Crippen molar-refractivity contribution in [2.75, 3.05) is 26.0 Å². The van der Waals surface area contributed by atoms with E-state index < -0.39 is 0 Å². The third kappa shape index (κ3) is 4.66. The summed E-state index contributed by atoms with van der Waals surface area (Å²) in [6.45, 7) is 2.81. The molecule has 0 aliphatic rings. The molecule has 1 atom stereocenters. The van der Waals surface area contributed by atoms with E-state index in [1.807, 2.05) is 25.9 Å². The Morgan fingerprint density at radius 1 is 1.36 bits per heavy atom. The lowest BCUT2D eigenvalue weighted by molar-refractivity contribution is 0.391. The van der Waals surface area contributed by atoms with Crippen LogP contribution in [0.15, 0.2) is 35.1 Å². The predicted octanol–water partition coefficient (Wildman–Crippen LogP) is 1.86. The maximum atomic E-state index is 13.7. The SMILES string of the molecule is C[C@H](CN(C)C)Nc1nc(Cc2ccccc2F)cc(=O)[nH]1. The zero-order valence-electron chi connectivity index (χ0n) is 13.1. The number of nitrogens with zero attached hydrogens (tertiary/aromatic N) is 2. The summed E-state index contributed by atoms with van der Waals surface area (Å²) in [7, 11) is 3.95. The van der Waals surface area contributed by atoms with E-state index in [0.717, 1.165) is 6.54 Å². The van der Waals surface area contributed by atoms with Crippen LogP contribution in [0.1, 0.15) is 18.2 Å². The van der Waals surface area contributed by atoms with Crippen LogP contribution in [0.2, 0.25) is 0 Å². The Morgan fingerprint density at radius 3 is 2.77 bits per heavy atom. The summed E-state index contributed by atoms with van der Waals surface area (Å²) in [5.74, 6) is 0.119. The lowest BCUT2D eigenvalue weighted by atomic mass is 10.1. The Bertz CT molecular complexity index is 684. The molecule has 5 nitrogen and oxygen atoms in total.